The molecule has 4 aliphatic rings. The second-order valence-electron chi connectivity index (χ2n) is 23.5. The van der Waals surface area contributed by atoms with Crippen LogP contribution in [0.2, 0.25) is 0 Å². The number of hydrogen-bond donors (Lipinski definition) is 3. The van der Waals surface area contributed by atoms with Crippen LogP contribution in [0.3, 0.4) is 0 Å². The van der Waals surface area contributed by atoms with Gasteiger partial charge in [0.15, 0.2) is 0 Å². The zero-order valence-corrected chi connectivity index (χ0v) is 54.2. The molecule has 24 nitrogen and oxygen atoms in total. The zero-order valence-electron chi connectivity index (χ0n) is 54.2. The summed E-state index contributed by atoms with van der Waals surface area (Å²) >= 11 is 0. The minimum Gasteiger partial charge on any atom is -0.489 e. The van der Waals surface area contributed by atoms with Gasteiger partial charge in [0.25, 0.3) is 0 Å². The van der Waals surface area contributed by atoms with Crippen molar-refractivity contribution >= 4 is 6.03 Å². The SMILES string of the molecule is N#Cc1cc(-c2ccnc(Cc3ccc(CN)nc3)n2)ccc1OC1CCOCC1.N#Cc1cc(-c2ccnc(Cc3ccc(CNC(=O)N4CCOCC4)nc3)n2)ccc1OC1CCOCC1.N#Cc1cc(-c2ccnc(Cc3ccc(CO)nc3)n2)ccc1OC1CCOCC1. The molecular formula is C74H75N15O9. The van der Waals surface area contributed by atoms with Crippen LogP contribution >= 0.6 is 0 Å². The molecule has 4 saturated heterocycles. The number of pyridine rings is 3. The van der Waals surface area contributed by atoms with E-state index in [4.69, 9.17) is 49.0 Å². The number of carbonyl (C=O) groups excluding carboxylic acids is 1. The van der Waals surface area contributed by atoms with Crippen molar-refractivity contribution in [1.29, 1.82) is 15.8 Å². The Labute approximate surface area is 568 Å². The first kappa shape index (κ1) is 68.6. The fourth-order valence-electron chi connectivity index (χ4n) is 11.1. The highest BCUT2D eigenvalue weighted by Gasteiger charge is 2.22. The highest BCUT2D eigenvalue weighted by molar-refractivity contribution is 5.74. The van der Waals surface area contributed by atoms with E-state index in [-0.39, 0.29) is 30.9 Å². The topological polar surface area (TPSA) is 331 Å². The number of hydrogen-bond acceptors (Lipinski definition) is 22. The van der Waals surface area contributed by atoms with Crippen molar-refractivity contribution in [2.24, 2.45) is 5.73 Å². The number of benzene rings is 3. The van der Waals surface area contributed by atoms with Crippen LogP contribution in [0.4, 0.5) is 4.79 Å². The van der Waals surface area contributed by atoms with Gasteiger partial charge in [-0.3, -0.25) is 15.0 Å². The summed E-state index contributed by atoms with van der Waals surface area (Å²) in [5, 5.41) is 40.9. The minimum atomic E-state index is -0.105. The van der Waals surface area contributed by atoms with E-state index in [1.165, 1.54) is 0 Å². The number of aliphatic hydroxyl groups is 1. The summed E-state index contributed by atoms with van der Waals surface area (Å²) in [5.74, 6) is 3.79. The Morgan fingerprint density at radius 2 is 0.837 bits per heavy atom. The highest BCUT2D eigenvalue weighted by Crippen LogP contribution is 2.31. The van der Waals surface area contributed by atoms with Crippen molar-refractivity contribution in [2.45, 2.75) is 95.8 Å². The third-order valence-corrected chi connectivity index (χ3v) is 16.5. The van der Waals surface area contributed by atoms with Gasteiger partial charge >= 0.3 is 6.03 Å². The molecule has 0 saturated carbocycles. The minimum absolute atomic E-state index is 0.0633. The molecule has 4 N–H and O–H groups in total. The number of aromatic nitrogens is 9. The smallest absolute Gasteiger partial charge is 0.317 e. The first-order chi connectivity index (χ1) is 48.2. The van der Waals surface area contributed by atoms with Gasteiger partial charge in [-0.25, -0.2) is 34.7 Å². The number of nitriles is 3. The van der Waals surface area contributed by atoms with Gasteiger partial charge in [-0.15, -0.1) is 0 Å². The number of nitrogens with one attached hydrogen (secondary N) is 1. The quantitative estimate of drug-likeness (QED) is 0.0679. The second-order valence-corrected chi connectivity index (χ2v) is 23.5. The Morgan fingerprint density at radius 3 is 1.17 bits per heavy atom. The molecule has 0 unspecified atom stereocenters. The van der Waals surface area contributed by atoms with Gasteiger partial charge in [-0.05, 0) is 108 Å². The van der Waals surface area contributed by atoms with E-state index < -0.39 is 0 Å². The predicted molar refractivity (Wildman–Crippen MR) is 360 cm³/mol. The van der Waals surface area contributed by atoms with E-state index in [0.717, 1.165) is 100 Å². The van der Waals surface area contributed by atoms with Gasteiger partial charge in [0.2, 0.25) is 0 Å². The average molecular weight is 1320 g/mol. The van der Waals surface area contributed by atoms with Crippen LogP contribution in [0.15, 0.2) is 146 Å². The predicted octanol–water partition coefficient (Wildman–Crippen LogP) is 9.17. The largest absolute Gasteiger partial charge is 0.489 e. The van der Waals surface area contributed by atoms with Gasteiger partial charge in [-0.1, -0.05) is 18.2 Å². The van der Waals surface area contributed by atoms with E-state index in [2.05, 4.69) is 63.4 Å². The molecule has 2 amide bonds. The van der Waals surface area contributed by atoms with Crippen LogP contribution in [-0.2, 0) is 57.9 Å². The normalized spacial score (nSPS) is 14.9. The first-order valence-corrected chi connectivity index (χ1v) is 32.7. The van der Waals surface area contributed by atoms with Crippen molar-refractivity contribution < 1.29 is 43.1 Å². The number of rotatable bonds is 19. The zero-order chi connectivity index (χ0) is 67.7. The maximum atomic E-state index is 12.3. The lowest BCUT2D eigenvalue weighted by atomic mass is 10.1. The molecular weight excluding hydrogens is 1240 g/mol. The monoisotopic (exact) mass is 1320 g/mol. The average Bonchev–Trinajstić information content (AvgIpc) is 0.853. The Bertz CT molecular complexity index is 4050. The molecule has 0 radical (unpaired) electrons. The van der Waals surface area contributed by atoms with E-state index in [9.17, 15) is 20.6 Å². The van der Waals surface area contributed by atoms with E-state index in [1.54, 1.807) is 54.2 Å². The molecule has 10 heterocycles. The van der Waals surface area contributed by atoms with E-state index >= 15 is 0 Å². The molecule has 3 aromatic carbocycles. The van der Waals surface area contributed by atoms with Crippen molar-refractivity contribution in [3.8, 4) is 69.2 Å². The lowest BCUT2D eigenvalue weighted by Gasteiger charge is -2.26. The first-order valence-electron chi connectivity index (χ1n) is 32.7. The molecule has 98 heavy (non-hydrogen) atoms. The molecule has 6 aromatic heterocycles. The standard InChI is InChI=1S/C28H30N6O4.C23H23N5O2.C23H22N4O3/c29-17-22-16-21(2-4-26(22)38-24-6-11-36-12-7-24)25-5-8-30-27(33-25)15-20-1-3-23(31-18-20)19-32-28(35)34-9-13-37-14-10-34;24-13-18-12-17(2-4-22(18)30-20-6-9-29-10-7-20)21-5-8-26-23(28-21)11-16-1-3-19(14-25)27-15-16;24-13-18-12-17(2-4-22(18)30-20-6-9-29-10-7-20)21-5-8-25-23(27-21)11-16-1-3-19(15-28)26-14-16/h1-5,8,16,18,24H,6-7,9-15,19H2,(H,32,35);1-5,8,12,15,20H,6-7,9-11,14,25H2;1-5,8,12,14,20,28H,6-7,9-11,15H2. The molecule has 24 heteroatoms. The van der Waals surface area contributed by atoms with Gasteiger partial charge in [0, 0.05) is 131 Å². The summed E-state index contributed by atoms with van der Waals surface area (Å²) in [6, 6.07) is 40.3. The number of amides is 2. The van der Waals surface area contributed by atoms with E-state index in [1.807, 2.05) is 97.1 Å². The molecule has 0 atom stereocenters. The summed E-state index contributed by atoms with van der Waals surface area (Å²) in [6.45, 7) is 7.15. The van der Waals surface area contributed by atoms with Gasteiger partial charge in [0.1, 0.15) is 71.2 Å². The number of carbonyl (C=O) groups is 1. The number of nitrogens with zero attached hydrogens (tertiary/aromatic N) is 13. The Balaban J connectivity index is 0.000000150. The third kappa shape index (κ3) is 19.7. The molecule has 4 aliphatic heterocycles. The number of nitrogens with two attached hydrogens (primary N) is 1. The Morgan fingerprint density at radius 1 is 0.480 bits per heavy atom. The molecule has 4 fully saturated rings. The molecule has 9 aromatic rings. The number of aliphatic hydroxyl groups excluding tert-OH is 1. The maximum absolute atomic E-state index is 12.3. The summed E-state index contributed by atoms with van der Waals surface area (Å²) in [6.07, 6.45) is 17.3. The van der Waals surface area contributed by atoms with Crippen molar-refractivity contribution in [3.05, 3.63) is 214 Å². The van der Waals surface area contributed by atoms with Gasteiger partial charge < -0.3 is 54.2 Å². The number of ether oxygens (including phenoxy) is 7. The summed E-state index contributed by atoms with van der Waals surface area (Å²) < 4.78 is 39.5. The van der Waals surface area contributed by atoms with E-state index in [0.29, 0.717) is 155 Å². The van der Waals surface area contributed by atoms with Crippen LogP contribution < -0.4 is 25.3 Å². The van der Waals surface area contributed by atoms with Crippen LogP contribution in [0, 0.1) is 34.0 Å². The van der Waals surface area contributed by atoms with Crippen molar-refractivity contribution in [3.63, 3.8) is 0 Å². The van der Waals surface area contributed by atoms with Crippen LogP contribution in [-0.4, -0.2) is 145 Å². The number of urea groups is 1. The van der Waals surface area contributed by atoms with Crippen LogP contribution in [0.5, 0.6) is 17.2 Å². The lowest BCUT2D eigenvalue weighted by molar-refractivity contribution is 0.0252. The highest BCUT2D eigenvalue weighted by atomic mass is 16.5. The molecule has 0 bridgehead atoms. The van der Waals surface area contributed by atoms with Crippen LogP contribution in [0.25, 0.3) is 33.8 Å². The summed E-state index contributed by atoms with van der Waals surface area (Å²) in [5.41, 5.74) is 17.0. The molecule has 13 rings (SSSR count). The Kier molecular flexibility index (Phi) is 24.7. The van der Waals surface area contributed by atoms with Gasteiger partial charge in [0.05, 0.1) is 117 Å². The van der Waals surface area contributed by atoms with Gasteiger partial charge in [-0.2, -0.15) is 15.8 Å². The van der Waals surface area contributed by atoms with Crippen molar-refractivity contribution in [2.75, 3.05) is 65.9 Å². The third-order valence-electron chi connectivity index (χ3n) is 16.5. The fraction of sp³-hybridized carbons (Fsp3) is 0.338. The van der Waals surface area contributed by atoms with Crippen LogP contribution in [0.1, 0.15) is 106 Å². The molecule has 0 aliphatic carbocycles. The molecule has 0 spiro atoms. The maximum Gasteiger partial charge on any atom is 0.317 e. The number of morpholine rings is 1. The lowest BCUT2D eigenvalue weighted by Crippen LogP contribution is -2.45. The second kappa shape index (κ2) is 35.3. The summed E-state index contributed by atoms with van der Waals surface area (Å²) in [4.78, 5) is 54.2. The molecule has 500 valence electrons. The summed E-state index contributed by atoms with van der Waals surface area (Å²) in [7, 11) is 0. The Hall–Kier alpha value is -10.8. The van der Waals surface area contributed by atoms with Crippen molar-refractivity contribution in [1.82, 2.24) is 55.1 Å². The fourth-order valence-corrected chi connectivity index (χ4v) is 11.1.